The molecular weight excluding hydrogens is 296 g/mol. The minimum absolute atomic E-state index is 0.196. The van der Waals surface area contributed by atoms with E-state index in [-0.39, 0.29) is 6.61 Å². The van der Waals surface area contributed by atoms with Crippen LogP contribution in [-0.2, 0) is 4.74 Å². The van der Waals surface area contributed by atoms with Gasteiger partial charge in [0, 0.05) is 5.56 Å². The number of aliphatic hydroxyl groups excluding tert-OH is 4. The van der Waals surface area contributed by atoms with Crippen LogP contribution in [0, 0.1) is 0 Å². The predicted molar refractivity (Wildman–Crippen MR) is 72.8 cm³/mol. The third kappa shape index (κ3) is 3.37. The number of carbonyl (C=O) groups excluding carboxylic acids is 1. The van der Waals surface area contributed by atoms with Crippen LogP contribution in [0.1, 0.15) is 10.4 Å². The van der Waals surface area contributed by atoms with Crippen molar-refractivity contribution in [2.75, 3.05) is 13.7 Å². The minimum atomic E-state index is -1.62. The number of hydrogen-bond donors (Lipinski definition) is 4. The van der Waals surface area contributed by atoms with Crippen molar-refractivity contribution < 1.29 is 39.4 Å². The molecule has 8 heteroatoms. The van der Waals surface area contributed by atoms with Gasteiger partial charge in [-0.3, -0.25) is 4.79 Å². The lowest BCUT2D eigenvalue weighted by Crippen LogP contribution is -2.58. The summed E-state index contributed by atoms with van der Waals surface area (Å²) in [6.07, 6.45) is -6.55. The van der Waals surface area contributed by atoms with Crippen LogP contribution in [0.25, 0.3) is 0 Å². The Morgan fingerprint density at radius 2 is 1.86 bits per heavy atom. The van der Waals surface area contributed by atoms with Gasteiger partial charge in [0.15, 0.2) is 17.8 Å². The fraction of sp³-hybridized carbons (Fsp3) is 0.500. The molecule has 0 spiro atoms. The van der Waals surface area contributed by atoms with E-state index in [1.807, 2.05) is 0 Å². The number of benzene rings is 1. The molecule has 5 atom stereocenters. The summed E-state index contributed by atoms with van der Waals surface area (Å²) in [7, 11) is 1.41. The molecule has 1 aliphatic heterocycles. The van der Waals surface area contributed by atoms with Gasteiger partial charge in [0.2, 0.25) is 0 Å². The Hall–Kier alpha value is -1.71. The average Bonchev–Trinajstić information content (AvgIpc) is 2.54. The Labute approximate surface area is 126 Å². The molecule has 0 unspecified atom stereocenters. The van der Waals surface area contributed by atoms with Gasteiger partial charge in [-0.15, -0.1) is 0 Å². The van der Waals surface area contributed by atoms with E-state index in [2.05, 4.69) is 0 Å². The fourth-order valence-corrected chi connectivity index (χ4v) is 2.12. The molecule has 0 aliphatic carbocycles. The second-order valence-electron chi connectivity index (χ2n) is 4.88. The van der Waals surface area contributed by atoms with Gasteiger partial charge in [0.25, 0.3) is 0 Å². The van der Waals surface area contributed by atoms with Crippen molar-refractivity contribution in [3.63, 3.8) is 0 Å². The van der Waals surface area contributed by atoms with E-state index < -0.39 is 30.7 Å². The number of ether oxygens (including phenoxy) is 3. The first kappa shape index (κ1) is 16.7. The molecule has 22 heavy (non-hydrogen) atoms. The van der Waals surface area contributed by atoms with E-state index in [4.69, 9.17) is 14.2 Å². The van der Waals surface area contributed by atoms with Crippen LogP contribution in [0.4, 0.5) is 0 Å². The molecule has 1 heterocycles. The maximum absolute atomic E-state index is 10.7. The zero-order valence-corrected chi connectivity index (χ0v) is 11.8. The van der Waals surface area contributed by atoms with Crippen molar-refractivity contribution >= 4 is 6.29 Å². The van der Waals surface area contributed by atoms with E-state index in [0.717, 1.165) is 0 Å². The van der Waals surface area contributed by atoms with Gasteiger partial charge < -0.3 is 34.6 Å². The number of hydrogen-bond acceptors (Lipinski definition) is 8. The molecule has 2 rings (SSSR count). The summed E-state index contributed by atoms with van der Waals surface area (Å²) in [4.78, 5) is 10.7. The van der Waals surface area contributed by atoms with Gasteiger partial charge in [-0.05, 0) is 18.2 Å². The van der Waals surface area contributed by atoms with Gasteiger partial charge in [0.1, 0.15) is 37.3 Å². The molecule has 122 valence electrons. The molecule has 1 aromatic rings. The lowest BCUT2D eigenvalue weighted by molar-refractivity contribution is -0.285. The van der Waals surface area contributed by atoms with Gasteiger partial charge in [-0.25, -0.2) is 0 Å². The molecule has 0 radical (unpaired) electrons. The summed E-state index contributed by atoms with van der Waals surface area (Å²) in [5.41, 5.74) is 0.409. The largest absolute Gasteiger partial charge is 0.493 e. The van der Waals surface area contributed by atoms with Crippen molar-refractivity contribution in [2.45, 2.75) is 30.7 Å². The lowest BCUT2D eigenvalue weighted by atomic mass is 9.99. The second kappa shape index (κ2) is 7.03. The van der Waals surface area contributed by atoms with Crippen molar-refractivity contribution in [1.29, 1.82) is 0 Å². The Morgan fingerprint density at radius 3 is 2.50 bits per heavy atom. The number of aliphatic hydroxyl groups is 4. The first-order valence-corrected chi connectivity index (χ1v) is 6.61. The minimum Gasteiger partial charge on any atom is -0.493 e. The fourth-order valence-electron chi connectivity index (χ4n) is 2.12. The Balaban J connectivity index is 2.05. The monoisotopic (exact) mass is 314 g/mol. The van der Waals surface area contributed by atoms with Crippen LogP contribution in [-0.4, -0.2) is 71.1 Å². The van der Waals surface area contributed by atoms with Crippen molar-refractivity contribution in [2.24, 2.45) is 0 Å². The maximum Gasteiger partial charge on any atom is 0.184 e. The van der Waals surface area contributed by atoms with Crippen LogP contribution in [0.3, 0.4) is 0 Å². The van der Waals surface area contributed by atoms with Crippen molar-refractivity contribution in [3.8, 4) is 11.5 Å². The lowest BCUT2D eigenvalue weighted by Gasteiger charge is -2.38. The average molecular weight is 314 g/mol. The van der Waals surface area contributed by atoms with Crippen LogP contribution in [0.15, 0.2) is 18.2 Å². The number of carbonyl (C=O) groups is 1. The first-order valence-electron chi connectivity index (χ1n) is 6.61. The summed E-state index contributed by atoms with van der Waals surface area (Å²) < 4.78 is 15.5. The van der Waals surface area contributed by atoms with Gasteiger partial charge in [-0.1, -0.05) is 0 Å². The molecule has 1 aliphatic rings. The first-order chi connectivity index (χ1) is 10.5. The molecule has 1 saturated heterocycles. The Bertz CT molecular complexity index is 520. The summed E-state index contributed by atoms with van der Waals surface area (Å²) >= 11 is 0. The van der Waals surface area contributed by atoms with E-state index in [9.17, 15) is 25.2 Å². The number of rotatable bonds is 5. The zero-order valence-electron chi connectivity index (χ0n) is 11.8. The third-order valence-corrected chi connectivity index (χ3v) is 3.41. The number of methoxy groups -OCH3 is 1. The highest BCUT2D eigenvalue weighted by molar-refractivity contribution is 5.76. The topological polar surface area (TPSA) is 126 Å². The summed E-state index contributed by atoms with van der Waals surface area (Å²) in [5.74, 6) is 0.620. The van der Waals surface area contributed by atoms with Crippen LogP contribution in [0.5, 0.6) is 11.5 Å². The van der Waals surface area contributed by atoms with E-state index in [0.29, 0.717) is 23.3 Å². The summed E-state index contributed by atoms with van der Waals surface area (Å²) in [6.45, 7) is -0.196. The zero-order chi connectivity index (χ0) is 16.3. The van der Waals surface area contributed by atoms with Crippen molar-refractivity contribution in [3.05, 3.63) is 23.8 Å². The molecule has 1 aromatic carbocycles. The Kier molecular flexibility index (Phi) is 5.33. The summed E-state index contributed by atoms with van der Waals surface area (Å²) in [6, 6.07) is 4.52. The Morgan fingerprint density at radius 1 is 1.14 bits per heavy atom. The highest BCUT2D eigenvalue weighted by Crippen LogP contribution is 2.29. The van der Waals surface area contributed by atoms with Gasteiger partial charge >= 0.3 is 0 Å². The smallest absolute Gasteiger partial charge is 0.184 e. The highest BCUT2D eigenvalue weighted by atomic mass is 16.6. The SMILES string of the molecule is COc1cc(C=O)ccc1OC[C@H]1O[C@H](O)[C@H](O)[C@@H](O)[C@@H]1O. The van der Waals surface area contributed by atoms with E-state index in [1.54, 1.807) is 0 Å². The molecule has 0 aromatic heterocycles. The predicted octanol–water partition coefficient (Wildman–Crippen LogP) is -1.31. The third-order valence-electron chi connectivity index (χ3n) is 3.41. The molecule has 4 N–H and O–H groups in total. The standard InChI is InChI=1S/C14H18O8/c1-20-9-4-7(5-15)2-3-8(9)21-6-10-11(16)12(17)13(18)14(19)22-10/h2-5,10-14,16-19H,6H2,1H3/t10-,11-,12+,13-,14+/m1/s1. The second-order valence-corrected chi connectivity index (χ2v) is 4.88. The molecular formula is C14H18O8. The molecule has 0 bridgehead atoms. The quantitative estimate of drug-likeness (QED) is 0.493. The molecule has 8 nitrogen and oxygen atoms in total. The van der Waals surface area contributed by atoms with Gasteiger partial charge in [0.05, 0.1) is 7.11 Å². The van der Waals surface area contributed by atoms with Crippen LogP contribution >= 0.6 is 0 Å². The maximum atomic E-state index is 10.7. The van der Waals surface area contributed by atoms with E-state index in [1.165, 1.54) is 25.3 Å². The van der Waals surface area contributed by atoms with E-state index >= 15 is 0 Å². The molecule has 0 amide bonds. The number of aldehydes is 1. The van der Waals surface area contributed by atoms with Crippen LogP contribution in [0.2, 0.25) is 0 Å². The normalized spacial score (nSPS) is 31.6. The molecule has 1 fully saturated rings. The van der Waals surface area contributed by atoms with Crippen molar-refractivity contribution in [1.82, 2.24) is 0 Å². The highest BCUT2D eigenvalue weighted by Gasteiger charge is 2.43. The molecule has 0 saturated carbocycles. The summed E-state index contributed by atoms with van der Waals surface area (Å²) in [5, 5.41) is 38.2. The van der Waals surface area contributed by atoms with Crippen LogP contribution < -0.4 is 9.47 Å². The van der Waals surface area contributed by atoms with Gasteiger partial charge in [-0.2, -0.15) is 0 Å².